The van der Waals surface area contributed by atoms with Crippen LogP contribution in [0.15, 0.2) is 30.7 Å². The number of carbonyl (C=O) groups excluding carboxylic acids is 1. The van der Waals surface area contributed by atoms with E-state index in [9.17, 15) is 4.79 Å². The summed E-state index contributed by atoms with van der Waals surface area (Å²) in [4.78, 5) is 21.4. The van der Waals surface area contributed by atoms with Crippen LogP contribution in [0.4, 0.5) is 0 Å². The number of benzene rings is 1. The minimum Gasteiger partial charge on any atom is -0.454 e. The highest BCUT2D eigenvalue weighted by Crippen LogP contribution is 2.35. The highest BCUT2D eigenvalue weighted by atomic mass is 16.7. The summed E-state index contributed by atoms with van der Waals surface area (Å²) >= 11 is 0. The molecule has 0 bridgehead atoms. The molecular weight excluding hydrogens is 320 g/mol. The van der Waals surface area contributed by atoms with Gasteiger partial charge in [-0.2, -0.15) is 0 Å². The molecule has 1 aromatic carbocycles. The molecule has 0 saturated heterocycles. The van der Waals surface area contributed by atoms with Crippen molar-refractivity contribution < 1.29 is 14.3 Å². The zero-order valence-corrected chi connectivity index (χ0v) is 14.5. The van der Waals surface area contributed by atoms with Crippen molar-refractivity contribution >= 4 is 5.91 Å². The monoisotopic (exact) mass is 342 g/mol. The molecule has 7 nitrogen and oxygen atoms in total. The third kappa shape index (κ3) is 2.95. The average Bonchev–Trinajstić information content (AvgIpc) is 3.18. The SMILES string of the molecule is CN(C)C(C(=O)N1CCCn2cncc2C1)c1ccc2c(c1)OCO2. The lowest BCUT2D eigenvalue weighted by atomic mass is 10.0. The first-order chi connectivity index (χ1) is 12.1. The molecule has 132 valence electrons. The van der Waals surface area contributed by atoms with Gasteiger partial charge >= 0.3 is 0 Å². The Morgan fingerprint density at radius 1 is 1.24 bits per heavy atom. The van der Waals surface area contributed by atoms with Crippen molar-refractivity contribution in [1.82, 2.24) is 19.4 Å². The number of hydrogen-bond donors (Lipinski definition) is 0. The molecule has 3 heterocycles. The summed E-state index contributed by atoms with van der Waals surface area (Å²) in [7, 11) is 3.85. The number of aromatic nitrogens is 2. The van der Waals surface area contributed by atoms with Gasteiger partial charge in [0.25, 0.3) is 0 Å². The Kier molecular flexibility index (Phi) is 4.09. The van der Waals surface area contributed by atoms with E-state index in [1.165, 1.54) is 0 Å². The van der Waals surface area contributed by atoms with Gasteiger partial charge in [0, 0.05) is 19.3 Å². The van der Waals surface area contributed by atoms with Gasteiger partial charge in [0.05, 0.1) is 18.6 Å². The van der Waals surface area contributed by atoms with Gasteiger partial charge in [-0.1, -0.05) is 6.07 Å². The van der Waals surface area contributed by atoms with Crippen LogP contribution >= 0.6 is 0 Å². The molecule has 0 aliphatic carbocycles. The van der Waals surface area contributed by atoms with E-state index in [-0.39, 0.29) is 18.7 Å². The lowest BCUT2D eigenvalue weighted by Gasteiger charge is -2.30. The van der Waals surface area contributed by atoms with Gasteiger partial charge in [0.1, 0.15) is 6.04 Å². The Labute approximate surface area is 146 Å². The zero-order chi connectivity index (χ0) is 17.4. The fraction of sp³-hybridized carbons (Fsp3) is 0.444. The highest BCUT2D eigenvalue weighted by molar-refractivity contribution is 5.83. The van der Waals surface area contributed by atoms with Crippen molar-refractivity contribution in [1.29, 1.82) is 0 Å². The van der Waals surface area contributed by atoms with E-state index >= 15 is 0 Å². The van der Waals surface area contributed by atoms with Crippen molar-refractivity contribution in [3.8, 4) is 11.5 Å². The lowest BCUT2D eigenvalue weighted by Crippen LogP contribution is -2.40. The summed E-state index contributed by atoms with van der Waals surface area (Å²) in [5.41, 5.74) is 1.99. The Morgan fingerprint density at radius 3 is 2.92 bits per heavy atom. The summed E-state index contributed by atoms with van der Waals surface area (Å²) in [6, 6.07) is 5.37. The largest absolute Gasteiger partial charge is 0.454 e. The van der Waals surface area contributed by atoms with Gasteiger partial charge in [-0.25, -0.2) is 4.98 Å². The fourth-order valence-electron chi connectivity index (χ4n) is 3.49. The number of carbonyl (C=O) groups is 1. The summed E-state index contributed by atoms with van der Waals surface area (Å²) in [5.74, 6) is 1.52. The summed E-state index contributed by atoms with van der Waals surface area (Å²) in [5, 5.41) is 0. The fourth-order valence-corrected chi connectivity index (χ4v) is 3.49. The summed E-state index contributed by atoms with van der Waals surface area (Å²) < 4.78 is 13.0. The van der Waals surface area contributed by atoms with Gasteiger partial charge in [-0.05, 0) is 38.2 Å². The lowest BCUT2D eigenvalue weighted by molar-refractivity contribution is -0.137. The molecular formula is C18H22N4O3. The number of fused-ring (bicyclic) bond motifs is 2. The number of aryl methyl sites for hydroxylation is 1. The predicted octanol–water partition coefficient (Wildman–Crippen LogP) is 1.65. The minimum absolute atomic E-state index is 0.0958. The van der Waals surface area contributed by atoms with Crippen LogP contribution < -0.4 is 9.47 Å². The van der Waals surface area contributed by atoms with Gasteiger partial charge in [-0.15, -0.1) is 0 Å². The minimum atomic E-state index is -0.357. The molecule has 2 aliphatic heterocycles. The first kappa shape index (κ1) is 16.0. The van der Waals surface area contributed by atoms with Crippen LogP contribution in [0.1, 0.15) is 23.7 Å². The molecule has 0 fully saturated rings. The Balaban J connectivity index is 1.61. The zero-order valence-electron chi connectivity index (χ0n) is 14.5. The molecule has 2 aliphatic rings. The van der Waals surface area contributed by atoms with E-state index in [1.807, 2.05) is 54.6 Å². The predicted molar refractivity (Wildman–Crippen MR) is 91.3 cm³/mol. The molecule has 1 atom stereocenters. The Hall–Kier alpha value is -2.54. The van der Waals surface area contributed by atoms with E-state index < -0.39 is 0 Å². The van der Waals surface area contributed by atoms with E-state index in [4.69, 9.17) is 9.47 Å². The maximum Gasteiger partial charge on any atom is 0.244 e. The third-order valence-electron chi connectivity index (χ3n) is 4.75. The quantitative estimate of drug-likeness (QED) is 0.849. The normalized spacial score (nSPS) is 17.3. The van der Waals surface area contributed by atoms with E-state index in [2.05, 4.69) is 9.55 Å². The Morgan fingerprint density at radius 2 is 2.08 bits per heavy atom. The molecule has 0 N–H and O–H groups in total. The number of imidazole rings is 1. The van der Waals surface area contributed by atoms with E-state index in [0.717, 1.165) is 36.5 Å². The molecule has 25 heavy (non-hydrogen) atoms. The van der Waals surface area contributed by atoms with E-state index in [0.29, 0.717) is 12.3 Å². The molecule has 2 aromatic rings. The molecule has 0 saturated carbocycles. The maximum absolute atomic E-state index is 13.3. The highest BCUT2D eigenvalue weighted by Gasteiger charge is 2.30. The third-order valence-corrected chi connectivity index (χ3v) is 4.75. The van der Waals surface area contributed by atoms with Crippen LogP contribution in [-0.2, 0) is 17.9 Å². The average molecular weight is 342 g/mol. The summed E-state index contributed by atoms with van der Waals surface area (Å²) in [6.45, 7) is 2.47. The first-order valence-corrected chi connectivity index (χ1v) is 8.47. The van der Waals surface area contributed by atoms with Crippen molar-refractivity contribution in [3.63, 3.8) is 0 Å². The smallest absolute Gasteiger partial charge is 0.244 e. The van der Waals surface area contributed by atoms with Crippen molar-refractivity contribution in [2.75, 3.05) is 27.4 Å². The Bertz CT molecular complexity index is 786. The second-order valence-electron chi connectivity index (χ2n) is 6.67. The van der Waals surface area contributed by atoms with Crippen LogP contribution in [0, 0.1) is 0 Å². The first-order valence-electron chi connectivity index (χ1n) is 8.47. The molecule has 1 aromatic heterocycles. The second-order valence-corrected chi connectivity index (χ2v) is 6.67. The van der Waals surface area contributed by atoms with Crippen molar-refractivity contribution in [2.45, 2.75) is 25.6 Å². The number of rotatable bonds is 3. The van der Waals surface area contributed by atoms with Gasteiger partial charge in [-0.3, -0.25) is 9.69 Å². The van der Waals surface area contributed by atoms with Crippen LogP contribution in [0.2, 0.25) is 0 Å². The number of likely N-dealkylation sites (N-methyl/N-ethyl adjacent to an activating group) is 1. The second kappa shape index (κ2) is 6.40. The van der Waals surface area contributed by atoms with Crippen LogP contribution in [0.5, 0.6) is 11.5 Å². The molecule has 0 spiro atoms. The molecule has 0 radical (unpaired) electrons. The summed E-state index contributed by atoms with van der Waals surface area (Å²) in [6.07, 6.45) is 4.61. The number of nitrogens with zero attached hydrogens (tertiary/aromatic N) is 4. The molecule has 7 heteroatoms. The molecule has 1 unspecified atom stereocenters. The van der Waals surface area contributed by atoms with E-state index in [1.54, 1.807) is 0 Å². The molecule has 4 rings (SSSR count). The standard InChI is InChI=1S/C18H22N4O3/c1-20(2)17(13-4-5-15-16(8-13)25-12-24-15)18(23)21-6-3-7-22-11-19-9-14(22)10-21/h4-5,8-9,11,17H,3,6-7,10,12H2,1-2H3. The van der Waals surface area contributed by atoms with Crippen LogP contribution in [0.25, 0.3) is 0 Å². The maximum atomic E-state index is 13.3. The van der Waals surface area contributed by atoms with Gasteiger partial charge in [0.15, 0.2) is 11.5 Å². The van der Waals surface area contributed by atoms with Crippen LogP contribution in [-0.4, -0.2) is 52.7 Å². The van der Waals surface area contributed by atoms with Crippen molar-refractivity contribution in [2.24, 2.45) is 0 Å². The van der Waals surface area contributed by atoms with Gasteiger partial charge in [0.2, 0.25) is 12.7 Å². The van der Waals surface area contributed by atoms with Gasteiger partial charge < -0.3 is 18.9 Å². The van der Waals surface area contributed by atoms with Crippen molar-refractivity contribution in [3.05, 3.63) is 42.0 Å². The molecule has 1 amide bonds. The number of amides is 1. The topological polar surface area (TPSA) is 59.8 Å². The number of ether oxygens (including phenoxy) is 2. The van der Waals surface area contributed by atoms with Crippen LogP contribution in [0.3, 0.4) is 0 Å². The number of hydrogen-bond acceptors (Lipinski definition) is 5.